The van der Waals surface area contributed by atoms with E-state index in [1.165, 1.54) is 6.21 Å². The minimum absolute atomic E-state index is 0.117. The quantitative estimate of drug-likeness (QED) is 0.440. The molecule has 0 spiro atoms. The van der Waals surface area contributed by atoms with Gasteiger partial charge in [-0.05, 0) is 43.2 Å². The van der Waals surface area contributed by atoms with Crippen molar-refractivity contribution >= 4 is 29.1 Å². The Labute approximate surface area is 179 Å². The molecule has 2 amide bonds. The number of para-hydroxylation sites is 1. The maximum Gasteiger partial charge on any atom is 0.328 e. The molecule has 9 nitrogen and oxygen atoms in total. The van der Waals surface area contributed by atoms with Gasteiger partial charge in [-0.1, -0.05) is 24.3 Å². The first-order valence-electron chi connectivity index (χ1n) is 9.74. The van der Waals surface area contributed by atoms with E-state index >= 15 is 0 Å². The number of ether oxygens (including phenoxy) is 1. The highest BCUT2D eigenvalue weighted by molar-refractivity contribution is 5.90. The zero-order valence-corrected chi connectivity index (χ0v) is 17.9. The molecule has 9 heteroatoms. The van der Waals surface area contributed by atoms with E-state index in [4.69, 9.17) is 4.74 Å². The van der Waals surface area contributed by atoms with Gasteiger partial charge in [-0.25, -0.2) is 10.2 Å². The third-order valence-corrected chi connectivity index (χ3v) is 4.91. The van der Waals surface area contributed by atoms with Crippen molar-refractivity contribution in [2.75, 3.05) is 6.61 Å². The average Bonchev–Trinajstić information content (AvgIpc) is 2.96. The number of amides is 2. The number of carbonyl (C=O) groups excluding carboxylic acids is 2. The number of benzene rings is 2. The molecule has 0 aliphatic heterocycles. The van der Waals surface area contributed by atoms with Gasteiger partial charge in [0, 0.05) is 14.1 Å². The van der Waals surface area contributed by atoms with Gasteiger partial charge in [0.25, 0.3) is 11.8 Å². The summed E-state index contributed by atoms with van der Waals surface area (Å²) in [6.07, 6.45) is 1.48. The Morgan fingerprint density at radius 2 is 1.84 bits per heavy atom. The zero-order valence-electron chi connectivity index (χ0n) is 17.9. The zero-order chi connectivity index (χ0) is 22.5. The van der Waals surface area contributed by atoms with Crippen LogP contribution in [0.4, 0.5) is 0 Å². The summed E-state index contributed by atoms with van der Waals surface area (Å²) < 4.78 is 8.58. The van der Waals surface area contributed by atoms with Gasteiger partial charge in [-0.15, -0.1) is 0 Å². The number of imidazole rings is 1. The normalized spacial score (nSPS) is 12.1. The molecule has 0 aliphatic carbocycles. The number of hydrogen-bond acceptors (Lipinski definition) is 5. The molecular weight excluding hydrogens is 398 g/mol. The van der Waals surface area contributed by atoms with E-state index in [9.17, 15) is 14.4 Å². The molecule has 1 atom stereocenters. The maximum atomic E-state index is 12.2. The predicted molar refractivity (Wildman–Crippen MR) is 118 cm³/mol. The molecule has 162 valence electrons. The van der Waals surface area contributed by atoms with Gasteiger partial charge in [0.2, 0.25) is 0 Å². The van der Waals surface area contributed by atoms with Gasteiger partial charge in [0.1, 0.15) is 11.8 Å². The van der Waals surface area contributed by atoms with Crippen LogP contribution in [0, 0.1) is 6.92 Å². The number of rotatable bonds is 7. The number of nitrogens with one attached hydrogen (secondary N) is 2. The minimum Gasteiger partial charge on any atom is -0.484 e. The van der Waals surface area contributed by atoms with Gasteiger partial charge in [-0.2, -0.15) is 5.10 Å². The number of aromatic nitrogens is 2. The molecule has 0 saturated carbocycles. The number of hydrazone groups is 1. The molecule has 3 aromatic rings. The van der Waals surface area contributed by atoms with Crippen LogP contribution < -0.4 is 21.2 Å². The number of carbonyl (C=O) groups is 2. The lowest BCUT2D eigenvalue weighted by Gasteiger charge is -2.13. The molecule has 1 unspecified atom stereocenters. The monoisotopic (exact) mass is 423 g/mol. The van der Waals surface area contributed by atoms with E-state index in [0.717, 1.165) is 22.2 Å². The van der Waals surface area contributed by atoms with E-state index in [1.54, 1.807) is 48.4 Å². The van der Waals surface area contributed by atoms with Crippen molar-refractivity contribution in [2.45, 2.75) is 19.9 Å². The number of fused-ring (bicyclic) bond motifs is 1. The van der Waals surface area contributed by atoms with Gasteiger partial charge < -0.3 is 10.1 Å². The van der Waals surface area contributed by atoms with Crippen molar-refractivity contribution in [1.82, 2.24) is 19.9 Å². The van der Waals surface area contributed by atoms with E-state index in [1.807, 2.05) is 31.2 Å². The summed E-state index contributed by atoms with van der Waals surface area (Å²) in [7, 11) is 3.40. The molecule has 0 bridgehead atoms. The summed E-state index contributed by atoms with van der Waals surface area (Å²) in [5.41, 5.74) is 5.49. The Bertz CT molecular complexity index is 1210. The van der Waals surface area contributed by atoms with Crippen LogP contribution in [-0.4, -0.2) is 39.8 Å². The second kappa shape index (κ2) is 9.29. The van der Waals surface area contributed by atoms with E-state index in [-0.39, 0.29) is 12.3 Å². The Hall–Kier alpha value is -3.88. The third-order valence-electron chi connectivity index (χ3n) is 4.91. The van der Waals surface area contributed by atoms with Crippen molar-refractivity contribution in [2.24, 2.45) is 19.2 Å². The molecule has 0 aliphatic rings. The van der Waals surface area contributed by atoms with Crippen LogP contribution in [0.25, 0.3) is 11.0 Å². The lowest BCUT2D eigenvalue weighted by atomic mass is 10.2. The summed E-state index contributed by atoms with van der Waals surface area (Å²) in [6, 6.07) is 12.0. The van der Waals surface area contributed by atoms with Gasteiger partial charge >= 0.3 is 5.69 Å². The summed E-state index contributed by atoms with van der Waals surface area (Å²) in [4.78, 5) is 36.2. The molecule has 2 N–H and O–H groups in total. The molecular formula is C22H25N5O4. The van der Waals surface area contributed by atoms with Crippen LogP contribution in [0.15, 0.2) is 52.4 Å². The van der Waals surface area contributed by atoms with Gasteiger partial charge in [0.15, 0.2) is 6.61 Å². The Balaban J connectivity index is 1.52. The molecule has 2 aromatic carbocycles. The second-order valence-electron chi connectivity index (χ2n) is 7.23. The molecule has 1 aromatic heterocycles. The Kier molecular flexibility index (Phi) is 6.54. The first kappa shape index (κ1) is 21.8. The minimum atomic E-state index is -0.789. The van der Waals surface area contributed by atoms with Crippen molar-refractivity contribution in [3.05, 3.63) is 64.1 Å². The van der Waals surface area contributed by atoms with Crippen molar-refractivity contribution in [3.63, 3.8) is 0 Å². The van der Waals surface area contributed by atoms with Crippen LogP contribution in [0.3, 0.4) is 0 Å². The molecule has 3 rings (SSSR count). The summed E-state index contributed by atoms with van der Waals surface area (Å²) >= 11 is 0. The second-order valence-corrected chi connectivity index (χ2v) is 7.23. The Morgan fingerprint density at radius 1 is 1.13 bits per heavy atom. The summed E-state index contributed by atoms with van der Waals surface area (Å²) in [5, 5.41) is 6.51. The van der Waals surface area contributed by atoms with Crippen molar-refractivity contribution in [1.29, 1.82) is 0 Å². The van der Waals surface area contributed by atoms with Gasteiger partial charge in [0.05, 0.1) is 17.2 Å². The Morgan fingerprint density at radius 3 is 2.58 bits per heavy atom. The third kappa shape index (κ3) is 5.00. The molecule has 0 fully saturated rings. The lowest BCUT2D eigenvalue weighted by molar-refractivity contribution is -0.129. The number of hydrogen-bond donors (Lipinski definition) is 2. The largest absolute Gasteiger partial charge is 0.484 e. The highest BCUT2D eigenvalue weighted by Gasteiger charge is 2.15. The summed E-state index contributed by atoms with van der Waals surface area (Å²) in [5.74, 6) is -0.258. The standard InChI is InChI=1S/C22H25N5O4/c1-14-7-5-6-8-19(14)31-13-20(28)24-15(2)21(29)25-23-12-16-9-10-17-18(11-16)27(4)22(30)26(17)3/h5-12,15H,13H2,1-4H3,(H,24,28)(H,25,29)/b23-12+. The lowest BCUT2D eigenvalue weighted by Crippen LogP contribution is -2.45. The predicted octanol–water partition coefficient (Wildman–Crippen LogP) is 1.22. The van der Waals surface area contributed by atoms with Gasteiger partial charge in [-0.3, -0.25) is 18.7 Å². The number of nitrogens with zero attached hydrogens (tertiary/aromatic N) is 3. The molecule has 0 saturated heterocycles. The van der Waals surface area contributed by atoms with Crippen LogP contribution >= 0.6 is 0 Å². The first-order valence-corrected chi connectivity index (χ1v) is 9.74. The summed E-state index contributed by atoms with van der Waals surface area (Å²) in [6.45, 7) is 3.25. The SMILES string of the molecule is Cc1ccccc1OCC(=O)NC(C)C(=O)N/N=C/c1ccc2c(c1)n(C)c(=O)n2C. The van der Waals surface area contributed by atoms with Crippen molar-refractivity contribution in [3.8, 4) is 5.75 Å². The van der Waals surface area contributed by atoms with E-state index < -0.39 is 17.9 Å². The fraction of sp³-hybridized carbons (Fsp3) is 0.273. The van der Waals surface area contributed by atoms with Crippen LogP contribution in [-0.2, 0) is 23.7 Å². The van der Waals surface area contributed by atoms with Crippen LogP contribution in [0.2, 0.25) is 0 Å². The maximum absolute atomic E-state index is 12.2. The topological polar surface area (TPSA) is 107 Å². The van der Waals surface area contributed by atoms with Crippen LogP contribution in [0.5, 0.6) is 5.75 Å². The van der Waals surface area contributed by atoms with Crippen molar-refractivity contribution < 1.29 is 14.3 Å². The first-order chi connectivity index (χ1) is 14.8. The fourth-order valence-corrected chi connectivity index (χ4v) is 3.08. The smallest absolute Gasteiger partial charge is 0.328 e. The molecule has 1 heterocycles. The molecule has 0 radical (unpaired) electrons. The average molecular weight is 423 g/mol. The van der Waals surface area contributed by atoms with E-state index in [0.29, 0.717) is 5.75 Å². The molecule has 31 heavy (non-hydrogen) atoms. The highest BCUT2D eigenvalue weighted by atomic mass is 16.5. The van der Waals surface area contributed by atoms with E-state index in [2.05, 4.69) is 15.8 Å². The fourth-order valence-electron chi connectivity index (χ4n) is 3.08. The van der Waals surface area contributed by atoms with Crippen LogP contribution in [0.1, 0.15) is 18.1 Å². The highest BCUT2D eigenvalue weighted by Crippen LogP contribution is 2.15. The number of aryl methyl sites for hydroxylation is 3.